The molecular formula is C13H18ClFO. The van der Waals surface area contributed by atoms with Crippen LogP contribution in [0.25, 0.3) is 0 Å². The van der Waals surface area contributed by atoms with Gasteiger partial charge in [0.05, 0.1) is 6.61 Å². The monoisotopic (exact) mass is 244 g/mol. The lowest BCUT2D eigenvalue weighted by atomic mass is 10.2. The molecule has 3 heteroatoms. The third-order valence-electron chi connectivity index (χ3n) is 2.45. The summed E-state index contributed by atoms with van der Waals surface area (Å²) in [5, 5.41) is 0.438. The molecule has 0 fully saturated rings. The van der Waals surface area contributed by atoms with Crippen LogP contribution in [-0.2, 0) is 11.3 Å². The predicted octanol–water partition coefficient (Wildman–Crippen LogP) is 4.58. The van der Waals surface area contributed by atoms with E-state index in [1.54, 1.807) is 12.1 Å². The standard InChI is InChI=1S/C13H18ClFO/c1-2-3-4-5-9-16-10-11-12(14)7-6-8-13(11)15/h6-8H,2-5,9-10H2,1H3. The lowest BCUT2D eigenvalue weighted by Crippen LogP contribution is -1.99. The first-order valence-corrected chi connectivity index (χ1v) is 6.14. The van der Waals surface area contributed by atoms with Gasteiger partial charge in [-0.25, -0.2) is 4.39 Å². The lowest BCUT2D eigenvalue weighted by molar-refractivity contribution is 0.114. The van der Waals surface area contributed by atoms with Crippen LogP contribution >= 0.6 is 11.6 Å². The molecule has 90 valence electrons. The van der Waals surface area contributed by atoms with Gasteiger partial charge in [0.2, 0.25) is 0 Å². The first-order valence-electron chi connectivity index (χ1n) is 5.76. The zero-order chi connectivity index (χ0) is 11.8. The average molecular weight is 245 g/mol. The number of unbranched alkanes of at least 4 members (excludes halogenated alkanes) is 3. The van der Waals surface area contributed by atoms with Gasteiger partial charge in [-0.15, -0.1) is 0 Å². The Hall–Kier alpha value is -0.600. The van der Waals surface area contributed by atoms with Crippen LogP contribution in [0.3, 0.4) is 0 Å². The molecule has 0 amide bonds. The highest BCUT2D eigenvalue weighted by Crippen LogP contribution is 2.19. The quantitative estimate of drug-likeness (QED) is 0.638. The molecule has 0 N–H and O–H groups in total. The summed E-state index contributed by atoms with van der Waals surface area (Å²) < 4.78 is 18.7. The number of rotatable bonds is 7. The molecule has 1 aromatic carbocycles. The molecule has 16 heavy (non-hydrogen) atoms. The largest absolute Gasteiger partial charge is 0.377 e. The SMILES string of the molecule is CCCCCCOCc1c(F)cccc1Cl. The molecule has 0 aromatic heterocycles. The molecule has 1 rings (SSSR count). The molecule has 0 heterocycles. The zero-order valence-corrected chi connectivity index (χ0v) is 10.4. The van der Waals surface area contributed by atoms with Crippen LogP contribution in [0, 0.1) is 5.82 Å². The highest BCUT2D eigenvalue weighted by atomic mass is 35.5. The Kier molecular flexibility index (Phi) is 6.43. The van der Waals surface area contributed by atoms with Crippen molar-refractivity contribution >= 4 is 11.6 Å². The van der Waals surface area contributed by atoms with Crippen molar-refractivity contribution in [3.8, 4) is 0 Å². The molecule has 0 unspecified atom stereocenters. The Labute approximate surface area is 102 Å². The van der Waals surface area contributed by atoms with Crippen molar-refractivity contribution in [1.82, 2.24) is 0 Å². The average Bonchev–Trinajstić information content (AvgIpc) is 2.26. The van der Waals surface area contributed by atoms with E-state index in [2.05, 4.69) is 6.92 Å². The summed E-state index contributed by atoms with van der Waals surface area (Å²) >= 11 is 5.87. The summed E-state index contributed by atoms with van der Waals surface area (Å²) in [6.45, 7) is 3.10. The van der Waals surface area contributed by atoms with Crippen LogP contribution in [-0.4, -0.2) is 6.61 Å². The minimum atomic E-state index is -0.291. The molecule has 0 aliphatic carbocycles. The van der Waals surface area contributed by atoms with Gasteiger partial charge in [-0.1, -0.05) is 43.9 Å². The van der Waals surface area contributed by atoms with E-state index in [9.17, 15) is 4.39 Å². The highest BCUT2D eigenvalue weighted by molar-refractivity contribution is 6.31. The second-order valence-electron chi connectivity index (χ2n) is 3.81. The van der Waals surface area contributed by atoms with Crippen molar-refractivity contribution in [2.24, 2.45) is 0 Å². The van der Waals surface area contributed by atoms with Gasteiger partial charge in [-0.05, 0) is 18.6 Å². The summed E-state index contributed by atoms with van der Waals surface area (Å²) in [4.78, 5) is 0. The first kappa shape index (κ1) is 13.5. The minimum absolute atomic E-state index is 0.262. The van der Waals surface area contributed by atoms with Crippen LogP contribution < -0.4 is 0 Å². The zero-order valence-electron chi connectivity index (χ0n) is 9.64. The molecule has 0 atom stereocenters. The number of benzene rings is 1. The fraction of sp³-hybridized carbons (Fsp3) is 0.538. The van der Waals surface area contributed by atoms with Crippen molar-refractivity contribution in [3.63, 3.8) is 0 Å². The molecule has 0 aliphatic rings. The Balaban J connectivity index is 2.26. The topological polar surface area (TPSA) is 9.23 Å². The summed E-state index contributed by atoms with van der Waals surface area (Å²) in [6, 6.07) is 4.69. The van der Waals surface area contributed by atoms with Gasteiger partial charge in [-0.3, -0.25) is 0 Å². The number of ether oxygens (including phenoxy) is 1. The van der Waals surface area contributed by atoms with Crippen LogP contribution in [0.2, 0.25) is 5.02 Å². The molecule has 0 bridgehead atoms. The first-order chi connectivity index (χ1) is 7.75. The molecule has 0 spiro atoms. The summed E-state index contributed by atoms with van der Waals surface area (Å²) in [6.07, 6.45) is 4.63. The van der Waals surface area contributed by atoms with Crippen LogP contribution in [0.1, 0.15) is 38.2 Å². The molecule has 0 radical (unpaired) electrons. The van der Waals surface area contributed by atoms with Crippen LogP contribution in [0.4, 0.5) is 4.39 Å². The maximum absolute atomic E-state index is 13.3. The normalized spacial score (nSPS) is 10.7. The predicted molar refractivity (Wildman–Crippen MR) is 65.2 cm³/mol. The van der Waals surface area contributed by atoms with Gasteiger partial charge in [-0.2, -0.15) is 0 Å². The van der Waals surface area contributed by atoms with Crippen LogP contribution in [0.15, 0.2) is 18.2 Å². The number of halogens is 2. The van der Waals surface area contributed by atoms with Gasteiger partial charge < -0.3 is 4.74 Å². The molecule has 0 saturated heterocycles. The van der Waals surface area contributed by atoms with Gasteiger partial charge in [0.15, 0.2) is 0 Å². The van der Waals surface area contributed by atoms with E-state index in [-0.39, 0.29) is 12.4 Å². The number of hydrogen-bond donors (Lipinski definition) is 0. The van der Waals surface area contributed by atoms with E-state index >= 15 is 0 Å². The Morgan fingerprint density at radius 3 is 2.75 bits per heavy atom. The summed E-state index contributed by atoms with van der Waals surface area (Å²) in [7, 11) is 0. The second-order valence-corrected chi connectivity index (χ2v) is 4.22. The van der Waals surface area contributed by atoms with E-state index in [1.165, 1.54) is 25.3 Å². The highest BCUT2D eigenvalue weighted by Gasteiger charge is 2.06. The Morgan fingerprint density at radius 2 is 2.06 bits per heavy atom. The van der Waals surface area contributed by atoms with Gasteiger partial charge in [0.25, 0.3) is 0 Å². The second kappa shape index (κ2) is 7.64. The molecule has 1 nitrogen and oxygen atoms in total. The smallest absolute Gasteiger partial charge is 0.130 e. The van der Waals surface area contributed by atoms with Gasteiger partial charge in [0.1, 0.15) is 5.82 Å². The van der Waals surface area contributed by atoms with Crippen molar-refractivity contribution in [3.05, 3.63) is 34.6 Å². The van der Waals surface area contributed by atoms with Crippen molar-refractivity contribution in [2.75, 3.05) is 6.61 Å². The van der Waals surface area contributed by atoms with E-state index in [0.29, 0.717) is 17.2 Å². The Bertz CT molecular complexity index is 295. The molecular weight excluding hydrogens is 227 g/mol. The molecule has 0 aliphatic heterocycles. The van der Waals surface area contributed by atoms with E-state index < -0.39 is 0 Å². The molecule has 1 aromatic rings. The van der Waals surface area contributed by atoms with E-state index in [0.717, 1.165) is 6.42 Å². The van der Waals surface area contributed by atoms with Crippen molar-refractivity contribution in [2.45, 2.75) is 39.2 Å². The fourth-order valence-corrected chi connectivity index (χ4v) is 1.69. The van der Waals surface area contributed by atoms with E-state index in [1.807, 2.05) is 0 Å². The third-order valence-corrected chi connectivity index (χ3v) is 2.80. The maximum Gasteiger partial charge on any atom is 0.130 e. The van der Waals surface area contributed by atoms with Crippen LogP contribution in [0.5, 0.6) is 0 Å². The molecule has 0 saturated carbocycles. The third kappa shape index (κ3) is 4.50. The minimum Gasteiger partial charge on any atom is -0.377 e. The number of hydrogen-bond acceptors (Lipinski definition) is 1. The fourth-order valence-electron chi connectivity index (χ4n) is 1.48. The van der Waals surface area contributed by atoms with Crippen molar-refractivity contribution < 1.29 is 9.13 Å². The summed E-state index contributed by atoms with van der Waals surface area (Å²) in [5.41, 5.74) is 0.458. The Morgan fingerprint density at radius 1 is 1.25 bits per heavy atom. The van der Waals surface area contributed by atoms with Gasteiger partial charge in [0, 0.05) is 17.2 Å². The maximum atomic E-state index is 13.3. The van der Waals surface area contributed by atoms with E-state index in [4.69, 9.17) is 16.3 Å². The van der Waals surface area contributed by atoms with Crippen molar-refractivity contribution in [1.29, 1.82) is 0 Å². The summed E-state index contributed by atoms with van der Waals surface area (Å²) in [5.74, 6) is -0.291. The van der Waals surface area contributed by atoms with Gasteiger partial charge >= 0.3 is 0 Å². The lowest BCUT2D eigenvalue weighted by Gasteiger charge is -2.07.